The second-order valence-electron chi connectivity index (χ2n) is 5.68. The molecule has 0 saturated carbocycles. The van der Waals surface area contributed by atoms with Crippen molar-refractivity contribution in [3.63, 3.8) is 0 Å². The molecule has 0 atom stereocenters. The van der Waals surface area contributed by atoms with Crippen LogP contribution in [0, 0.1) is 0 Å². The number of nitrogens with zero attached hydrogens (tertiary/aromatic N) is 1. The van der Waals surface area contributed by atoms with E-state index in [-0.39, 0.29) is 35.9 Å². The first kappa shape index (κ1) is 17.6. The van der Waals surface area contributed by atoms with Gasteiger partial charge in [-0.05, 0) is 30.2 Å². The molecule has 25 heavy (non-hydrogen) atoms. The Morgan fingerprint density at radius 3 is 2.60 bits per heavy atom. The van der Waals surface area contributed by atoms with Crippen molar-refractivity contribution in [2.75, 3.05) is 13.2 Å². The molecule has 10 heteroatoms. The first-order chi connectivity index (χ1) is 11.8. The van der Waals surface area contributed by atoms with Gasteiger partial charge in [0.25, 0.3) is 0 Å². The first-order valence-corrected chi connectivity index (χ1v) is 7.57. The average molecular weight is 359 g/mol. The highest BCUT2D eigenvalue weighted by Crippen LogP contribution is 2.34. The molecule has 1 aliphatic heterocycles. The minimum atomic E-state index is -4.50. The number of hydrogen-bond donors (Lipinski definition) is 2. The molecular weight excluding hydrogens is 343 g/mol. The molecule has 2 aromatic rings. The minimum absolute atomic E-state index is 0.0396. The lowest BCUT2D eigenvalue weighted by molar-refractivity contribution is -0.187. The zero-order chi connectivity index (χ0) is 18.0. The Kier molecular flexibility index (Phi) is 4.93. The zero-order valence-corrected chi connectivity index (χ0v) is 13.0. The predicted octanol–water partition coefficient (Wildman–Crippen LogP) is 1.68. The van der Waals surface area contributed by atoms with Crippen LogP contribution < -0.4 is 11.5 Å². The molecule has 3 N–H and O–H groups in total. The van der Waals surface area contributed by atoms with E-state index in [9.17, 15) is 18.0 Å². The van der Waals surface area contributed by atoms with Crippen molar-refractivity contribution in [2.45, 2.75) is 31.3 Å². The van der Waals surface area contributed by atoms with Crippen LogP contribution in [0.25, 0.3) is 11.5 Å². The predicted molar refractivity (Wildman–Crippen MR) is 79.6 cm³/mol. The number of aromatic nitrogens is 2. The van der Waals surface area contributed by atoms with Gasteiger partial charge in [0.1, 0.15) is 0 Å². The van der Waals surface area contributed by atoms with Gasteiger partial charge < -0.3 is 19.6 Å². The second kappa shape index (κ2) is 6.98. The summed E-state index contributed by atoms with van der Waals surface area (Å²) in [5, 5.41) is 5.70. The van der Waals surface area contributed by atoms with Crippen LogP contribution in [0.1, 0.15) is 17.5 Å². The van der Waals surface area contributed by atoms with E-state index in [2.05, 4.69) is 10.2 Å². The molecule has 1 saturated heterocycles. The van der Waals surface area contributed by atoms with E-state index >= 15 is 0 Å². The molecule has 1 fully saturated rings. The molecule has 1 aromatic carbocycles. The quantitative estimate of drug-likeness (QED) is 0.861. The van der Waals surface area contributed by atoms with Crippen LogP contribution in [0.15, 0.2) is 27.4 Å². The van der Waals surface area contributed by atoms with Gasteiger partial charge in [-0.25, -0.2) is 9.89 Å². The number of nitrogens with one attached hydrogen (secondary N) is 1. The Bertz CT molecular complexity index is 779. The zero-order valence-electron chi connectivity index (χ0n) is 13.0. The summed E-state index contributed by atoms with van der Waals surface area (Å²) in [6.45, 7) is 0.602. The summed E-state index contributed by atoms with van der Waals surface area (Å²) in [6, 6.07) is 3.22. The van der Waals surface area contributed by atoms with Gasteiger partial charge in [-0.2, -0.15) is 13.2 Å². The number of rotatable bonds is 4. The van der Waals surface area contributed by atoms with Crippen molar-refractivity contribution in [3.05, 3.63) is 39.9 Å². The van der Waals surface area contributed by atoms with Crippen LogP contribution in [-0.4, -0.2) is 35.7 Å². The van der Waals surface area contributed by atoms with Crippen molar-refractivity contribution >= 4 is 0 Å². The number of aryl methyl sites for hydroxylation is 1. The van der Waals surface area contributed by atoms with Gasteiger partial charge >= 0.3 is 11.9 Å². The number of nitrogens with two attached hydrogens (primary N) is 1. The maximum absolute atomic E-state index is 13.2. The summed E-state index contributed by atoms with van der Waals surface area (Å²) in [5.74, 6) is -0.854. The van der Waals surface area contributed by atoms with Gasteiger partial charge in [-0.1, -0.05) is 0 Å². The van der Waals surface area contributed by atoms with E-state index in [1.807, 2.05) is 0 Å². The summed E-state index contributed by atoms with van der Waals surface area (Å²) in [6.07, 6.45) is -4.80. The van der Waals surface area contributed by atoms with Crippen LogP contribution in [0.2, 0.25) is 0 Å². The molecule has 7 nitrogen and oxygen atoms in total. The lowest BCUT2D eigenvalue weighted by atomic mass is 9.99. The number of H-pyrrole nitrogens is 1. The number of hydrogen-bond acceptors (Lipinski definition) is 6. The number of ether oxygens (including phenoxy) is 2. The molecule has 1 aromatic heterocycles. The maximum atomic E-state index is 13.2. The highest BCUT2D eigenvalue weighted by Gasteiger charge is 2.34. The van der Waals surface area contributed by atoms with E-state index in [4.69, 9.17) is 19.6 Å². The molecule has 3 rings (SSSR count). The van der Waals surface area contributed by atoms with Crippen molar-refractivity contribution in [1.29, 1.82) is 0 Å². The van der Waals surface area contributed by atoms with Gasteiger partial charge in [-0.3, -0.25) is 0 Å². The molecule has 0 unspecified atom stereocenters. The third-order valence-corrected chi connectivity index (χ3v) is 3.74. The molecule has 0 bridgehead atoms. The number of benzene rings is 1. The Hall–Kier alpha value is -2.17. The SMILES string of the molecule is NC1COC(CCc2cc(-c3n[nH]c(=O)o3)ccc2C(F)(F)F)OC1. The topological polar surface area (TPSA) is 103 Å². The lowest BCUT2D eigenvalue weighted by Crippen LogP contribution is -2.41. The Labute approximate surface area is 139 Å². The highest BCUT2D eigenvalue weighted by atomic mass is 19.4. The molecule has 0 spiro atoms. The molecule has 0 amide bonds. The van der Waals surface area contributed by atoms with E-state index < -0.39 is 23.8 Å². The summed E-state index contributed by atoms with van der Waals surface area (Å²) in [4.78, 5) is 11.0. The van der Waals surface area contributed by atoms with Gasteiger partial charge in [0.05, 0.1) is 24.8 Å². The third-order valence-electron chi connectivity index (χ3n) is 3.74. The fourth-order valence-electron chi connectivity index (χ4n) is 2.56. The average Bonchev–Trinajstić information content (AvgIpc) is 3.00. The highest BCUT2D eigenvalue weighted by molar-refractivity contribution is 5.55. The van der Waals surface area contributed by atoms with E-state index in [1.165, 1.54) is 12.1 Å². The number of halogens is 3. The van der Waals surface area contributed by atoms with Crippen LogP contribution in [0.4, 0.5) is 13.2 Å². The molecule has 0 radical (unpaired) electrons. The fraction of sp³-hybridized carbons (Fsp3) is 0.467. The first-order valence-electron chi connectivity index (χ1n) is 7.57. The van der Waals surface area contributed by atoms with Crippen molar-refractivity contribution in [3.8, 4) is 11.5 Å². The molecular formula is C15H16F3N3O4. The number of alkyl halides is 3. The molecule has 1 aliphatic rings. The van der Waals surface area contributed by atoms with Crippen molar-refractivity contribution in [1.82, 2.24) is 10.2 Å². The Balaban J connectivity index is 1.82. The van der Waals surface area contributed by atoms with Gasteiger partial charge in [0.2, 0.25) is 5.89 Å². The standard InChI is InChI=1S/C15H16F3N3O4/c16-15(17,18)11-3-1-9(13-20-21-14(22)25-13)5-8(11)2-4-12-23-6-10(19)7-24-12/h1,3,5,10,12H,2,4,6-7,19H2,(H,21,22). The lowest BCUT2D eigenvalue weighted by Gasteiger charge is -2.27. The summed E-state index contributed by atoms with van der Waals surface area (Å²) in [5.41, 5.74) is 5.18. The van der Waals surface area contributed by atoms with Crippen LogP contribution >= 0.6 is 0 Å². The van der Waals surface area contributed by atoms with Gasteiger partial charge in [0, 0.05) is 12.0 Å². The molecule has 136 valence electrons. The second-order valence-corrected chi connectivity index (χ2v) is 5.68. The van der Waals surface area contributed by atoms with E-state index in [0.717, 1.165) is 6.07 Å². The van der Waals surface area contributed by atoms with E-state index in [0.29, 0.717) is 13.2 Å². The summed E-state index contributed by atoms with van der Waals surface area (Å²) >= 11 is 0. The smallest absolute Gasteiger partial charge is 0.388 e. The van der Waals surface area contributed by atoms with Gasteiger partial charge in [-0.15, -0.1) is 5.10 Å². The Morgan fingerprint density at radius 1 is 1.28 bits per heavy atom. The van der Waals surface area contributed by atoms with Crippen molar-refractivity contribution < 1.29 is 27.1 Å². The summed E-state index contributed by atoms with van der Waals surface area (Å²) < 4.78 is 55.2. The summed E-state index contributed by atoms with van der Waals surface area (Å²) in [7, 11) is 0. The largest absolute Gasteiger partial charge is 0.434 e. The Morgan fingerprint density at radius 2 is 2.00 bits per heavy atom. The monoisotopic (exact) mass is 359 g/mol. The maximum Gasteiger partial charge on any atom is 0.434 e. The number of aromatic amines is 1. The normalized spacial score (nSPS) is 21.4. The van der Waals surface area contributed by atoms with Crippen LogP contribution in [0.5, 0.6) is 0 Å². The van der Waals surface area contributed by atoms with Gasteiger partial charge in [0.15, 0.2) is 6.29 Å². The van der Waals surface area contributed by atoms with E-state index in [1.54, 1.807) is 0 Å². The molecule has 2 heterocycles. The van der Waals surface area contributed by atoms with Crippen molar-refractivity contribution in [2.24, 2.45) is 5.73 Å². The van der Waals surface area contributed by atoms with Crippen LogP contribution in [0.3, 0.4) is 0 Å². The van der Waals surface area contributed by atoms with Crippen LogP contribution in [-0.2, 0) is 22.1 Å². The fourth-order valence-corrected chi connectivity index (χ4v) is 2.56. The third kappa shape index (κ3) is 4.27. The molecule has 0 aliphatic carbocycles. The minimum Gasteiger partial charge on any atom is -0.388 e.